The number of fused-ring (bicyclic) bond motifs is 1. The van der Waals surface area contributed by atoms with Crippen LogP contribution < -0.4 is 5.73 Å². The summed E-state index contributed by atoms with van der Waals surface area (Å²) in [6.07, 6.45) is 2.05. The fourth-order valence-corrected chi connectivity index (χ4v) is 2.23. The van der Waals surface area contributed by atoms with E-state index in [0.29, 0.717) is 6.54 Å². The number of aromatic nitrogens is 2. The molecule has 0 saturated heterocycles. The molecule has 0 aliphatic rings. The lowest BCUT2D eigenvalue weighted by Gasteiger charge is -2.22. The largest absolute Gasteiger partial charge is 0.330 e. The molecule has 0 aliphatic carbocycles. The maximum Gasteiger partial charge on any atom is 0.110 e. The van der Waals surface area contributed by atoms with Gasteiger partial charge in [-0.2, -0.15) is 0 Å². The van der Waals surface area contributed by atoms with Crippen LogP contribution in [0.4, 0.5) is 0 Å². The maximum atomic E-state index is 5.84. The molecule has 0 fully saturated rings. The van der Waals surface area contributed by atoms with Crippen LogP contribution >= 0.6 is 0 Å². The van der Waals surface area contributed by atoms with Crippen LogP contribution in [0, 0.1) is 5.41 Å². The monoisotopic (exact) mass is 245 g/mol. The van der Waals surface area contributed by atoms with Gasteiger partial charge in [0, 0.05) is 13.0 Å². The maximum absolute atomic E-state index is 5.84. The highest BCUT2D eigenvalue weighted by molar-refractivity contribution is 5.75. The van der Waals surface area contributed by atoms with Crippen molar-refractivity contribution in [2.45, 2.75) is 40.2 Å². The Morgan fingerprint density at radius 3 is 2.67 bits per heavy atom. The number of aryl methyl sites for hydroxylation is 1. The number of hydrogen-bond acceptors (Lipinski definition) is 2. The highest BCUT2D eigenvalue weighted by atomic mass is 15.1. The molecule has 3 heteroatoms. The second-order valence-corrected chi connectivity index (χ2v) is 5.71. The van der Waals surface area contributed by atoms with E-state index in [-0.39, 0.29) is 5.41 Å². The molecule has 0 atom stereocenters. The Labute approximate surface area is 109 Å². The zero-order valence-electron chi connectivity index (χ0n) is 11.6. The average Bonchev–Trinajstić information content (AvgIpc) is 2.68. The molecule has 0 aliphatic heterocycles. The first-order valence-electron chi connectivity index (χ1n) is 6.71. The topological polar surface area (TPSA) is 43.8 Å². The van der Waals surface area contributed by atoms with Crippen molar-refractivity contribution in [1.82, 2.24) is 9.55 Å². The second kappa shape index (κ2) is 5.11. The average molecular weight is 245 g/mol. The van der Waals surface area contributed by atoms with Gasteiger partial charge in [0.05, 0.1) is 11.0 Å². The Morgan fingerprint density at radius 2 is 2.00 bits per heavy atom. The minimum atomic E-state index is 0.104. The zero-order valence-corrected chi connectivity index (χ0v) is 11.6. The van der Waals surface area contributed by atoms with Crippen molar-refractivity contribution in [2.24, 2.45) is 11.1 Å². The van der Waals surface area contributed by atoms with Crippen molar-refractivity contribution in [3.8, 4) is 0 Å². The van der Waals surface area contributed by atoms with Gasteiger partial charge in [-0.3, -0.25) is 0 Å². The van der Waals surface area contributed by atoms with Crippen LogP contribution in [0.3, 0.4) is 0 Å². The molecule has 2 N–H and O–H groups in total. The lowest BCUT2D eigenvalue weighted by molar-refractivity contribution is 0.361. The number of nitrogens with two attached hydrogens (primary N) is 1. The number of hydrogen-bond donors (Lipinski definition) is 1. The molecule has 0 unspecified atom stereocenters. The van der Waals surface area contributed by atoms with E-state index in [4.69, 9.17) is 10.7 Å². The summed E-state index contributed by atoms with van der Waals surface area (Å²) in [6, 6.07) is 8.36. The summed E-state index contributed by atoms with van der Waals surface area (Å²) in [4.78, 5) is 4.77. The summed E-state index contributed by atoms with van der Waals surface area (Å²) in [7, 11) is 0. The highest BCUT2D eigenvalue weighted by Crippen LogP contribution is 2.24. The fraction of sp³-hybridized carbons (Fsp3) is 0.533. The van der Waals surface area contributed by atoms with Crippen LogP contribution in [0.1, 0.15) is 33.0 Å². The lowest BCUT2D eigenvalue weighted by Crippen LogP contribution is -2.27. The molecule has 0 saturated carbocycles. The summed E-state index contributed by atoms with van der Waals surface area (Å²) in [5.74, 6) is 1.16. The van der Waals surface area contributed by atoms with E-state index in [9.17, 15) is 0 Å². The number of para-hydroxylation sites is 2. The number of nitrogens with zero attached hydrogens (tertiary/aromatic N) is 2. The van der Waals surface area contributed by atoms with Crippen LogP contribution in [0.25, 0.3) is 11.0 Å². The molecular formula is C15H23N3. The minimum Gasteiger partial charge on any atom is -0.330 e. The van der Waals surface area contributed by atoms with Gasteiger partial charge in [0.1, 0.15) is 5.82 Å². The van der Waals surface area contributed by atoms with E-state index < -0.39 is 0 Å². The Kier molecular flexibility index (Phi) is 3.71. The molecule has 98 valence electrons. The Balaban J connectivity index is 2.45. The first-order valence-corrected chi connectivity index (χ1v) is 6.71. The zero-order chi connectivity index (χ0) is 13.2. The first kappa shape index (κ1) is 13.1. The summed E-state index contributed by atoms with van der Waals surface area (Å²) < 4.78 is 2.34. The molecule has 2 rings (SSSR count). The van der Waals surface area contributed by atoms with Gasteiger partial charge < -0.3 is 10.3 Å². The summed E-state index contributed by atoms with van der Waals surface area (Å²) in [5, 5.41) is 0. The van der Waals surface area contributed by atoms with E-state index >= 15 is 0 Å². The molecule has 18 heavy (non-hydrogen) atoms. The van der Waals surface area contributed by atoms with Crippen molar-refractivity contribution in [2.75, 3.05) is 6.54 Å². The van der Waals surface area contributed by atoms with Crippen molar-refractivity contribution in [1.29, 1.82) is 0 Å². The van der Waals surface area contributed by atoms with E-state index in [2.05, 4.69) is 43.5 Å². The molecule has 2 aromatic rings. The molecule has 0 amide bonds. The Morgan fingerprint density at radius 1 is 1.28 bits per heavy atom. The van der Waals surface area contributed by atoms with Crippen LogP contribution in [0.2, 0.25) is 0 Å². The van der Waals surface area contributed by atoms with Crippen molar-refractivity contribution in [3.05, 3.63) is 30.1 Å². The molecule has 0 spiro atoms. The van der Waals surface area contributed by atoms with Crippen LogP contribution in [-0.2, 0) is 13.0 Å². The summed E-state index contributed by atoms with van der Waals surface area (Å²) in [5.41, 5.74) is 8.27. The number of imidazole rings is 1. The lowest BCUT2D eigenvalue weighted by atomic mass is 9.89. The smallest absolute Gasteiger partial charge is 0.110 e. The van der Waals surface area contributed by atoms with Gasteiger partial charge in [-0.1, -0.05) is 32.9 Å². The molecular weight excluding hydrogens is 222 g/mol. The Hall–Kier alpha value is -1.35. The number of rotatable bonds is 5. The van der Waals surface area contributed by atoms with Gasteiger partial charge in [-0.15, -0.1) is 0 Å². The molecule has 1 aromatic carbocycles. The van der Waals surface area contributed by atoms with Crippen molar-refractivity contribution < 1.29 is 0 Å². The molecule has 0 radical (unpaired) electrons. The summed E-state index contributed by atoms with van der Waals surface area (Å²) >= 11 is 0. The van der Waals surface area contributed by atoms with Gasteiger partial charge >= 0.3 is 0 Å². The third kappa shape index (κ3) is 2.56. The molecule has 1 heterocycles. The second-order valence-electron chi connectivity index (χ2n) is 5.71. The molecule has 0 bridgehead atoms. The van der Waals surface area contributed by atoms with Gasteiger partial charge in [0.2, 0.25) is 0 Å². The van der Waals surface area contributed by atoms with Crippen LogP contribution in [0.5, 0.6) is 0 Å². The van der Waals surface area contributed by atoms with Crippen molar-refractivity contribution in [3.63, 3.8) is 0 Å². The van der Waals surface area contributed by atoms with Crippen LogP contribution in [-0.4, -0.2) is 16.1 Å². The van der Waals surface area contributed by atoms with Crippen LogP contribution in [0.15, 0.2) is 24.3 Å². The third-order valence-electron chi connectivity index (χ3n) is 3.37. The normalized spacial score (nSPS) is 12.2. The number of benzene rings is 1. The summed E-state index contributed by atoms with van der Waals surface area (Å²) in [6.45, 7) is 8.30. The quantitative estimate of drug-likeness (QED) is 0.880. The first-order chi connectivity index (χ1) is 8.57. The predicted molar refractivity (Wildman–Crippen MR) is 76.6 cm³/mol. The van der Waals surface area contributed by atoms with E-state index in [1.54, 1.807) is 0 Å². The van der Waals surface area contributed by atoms with Gasteiger partial charge in [-0.05, 0) is 30.5 Å². The minimum absolute atomic E-state index is 0.104. The SMILES string of the molecule is CCCn1c(CC(C)(C)CN)nc2ccccc21. The van der Waals surface area contributed by atoms with E-state index in [0.717, 1.165) is 30.7 Å². The van der Waals surface area contributed by atoms with Gasteiger partial charge in [-0.25, -0.2) is 4.98 Å². The Bertz CT molecular complexity index is 526. The third-order valence-corrected chi connectivity index (χ3v) is 3.37. The predicted octanol–water partition coefficient (Wildman–Crippen LogP) is 2.97. The van der Waals surface area contributed by atoms with Gasteiger partial charge in [0.15, 0.2) is 0 Å². The van der Waals surface area contributed by atoms with Gasteiger partial charge in [0.25, 0.3) is 0 Å². The standard InChI is InChI=1S/C15H23N3/c1-4-9-18-13-8-6-5-7-12(13)17-14(18)10-15(2,3)11-16/h5-8H,4,9-11,16H2,1-3H3. The molecule has 3 nitrogen and oxygen atoms in total. The van der Waals surface area contributed by atoms with Crippen molar-refractivity contribution >= 4 is 11.0 Å². The van der Waals surface area contributed by atoms with E-state index in [1.807, 2.05) is 6.07 Å². The fourth-order valence-electron chi connectivity index (χ4n) is 2.23. The molecule has 1 aromatic heterocycles. The highest BCUT2D eigenvalue weighted by Gasteiger charge is 2.20. The van der Waals surface area contributed by atoms with E-state index in [1.165, 1.54) is 5.52 Å².